The van der Waals surface area contributed by atoms with Gasteiger partial charge in [0.1, 0.15) is 12.3 Å². The van der Waals surface area contributed by atoms with Crippen molar-refractivity contribution in [1.29, 1.82) is 0 Å². The summed E-state index contributed by atoms with van der Waals surface area (Å²) in [6, 6.07) is 13.1. The Balaban J connectivity index is 2.26. The van der Waals surface area contributed by atoms with Crippen LogP contribution in [0.3, 0.4) is 0 Å². The number of aliphatic carboxylic acids is 1. The van der Waals surface area contributed by atoms with Crippen LogP contribution in [0.5, 0.6) is 5.75 Å². The molecule has 0 amide bonds. The SMILES string of the molecule is COc1cc(C)nc(CN(CC(=O)O)c2ccccc2)c1. The fraction of sp³-hybridized carbons (Fsp3) is 0.250. The Morgan fingerprint density at radius 3 is 2.62 bits per heavy atom. The van der Waals surface area contributed by atoms with Crippen molar-refractivity contribution in [2.45, 2.75) is 13.5 Å². The first kappa shape index (κ1) is 14.8. The first-order chi connectivity index (χ1) is 10.1. The minimum atomic E-state index is -0.876. The second-order valence-electron chi connectivity index (χ2n) is 4.73. The van der Waals surface area contributed by atoms with Crippen LogP contribution in [-0.4, -0.2) is 29.7 Å². The number of nitrogens with zero attached hydrogens (tertiary/aromatic N) is 2. The smallest absolute Gasteiger partial charge is 0.323 e. The number of ether oxygens (including phenoxy) is 1. The Labute approximate surface area is 123 Å². The molecular formula is C16H18N2O3. The fourth-order valence-corrected chi connectivity index (χ4v) is 2.14. The molecule has 0 unspecified atom stereocenters. The van der Waals surface area contributed by atoms with Crippen LogP contribution < -0.4 is 9.64 Å². The Hall–Kier alpha value is -2.56. The molecule has 21 heavy (non-hydrogen) atoms. The van der Waals surface area contributed by atoms with Crippen molar-refractivity contribution in [2.24, 2.45) is 0 Å². The largest absolute Gasteiger partial charge is 0.497 e. The van der Waals surface area contributed by atoms with Crippen molar-refractivity contribution < 1.29 is 14.6 Å². The van der Waals surface area contributed by atoms with Gasteiger partial charge in [0, 0.05) is 23.5 Å². The van der Waals surface area contributed by atoms with Gasteiger partial charge in [0.05, 0.1) is 19.3 Å². The molecule has 1 heterocycles. The summed E-state index contributed by atoms with van der Waals surface area (Å²) in [5.74, 6) is -0.153. The van der Waals surface area contributed by atoms with Crippen molar-refractivity contribution in [1.82, 2.24) is 4.98 Å². The Kier molecular flexibility index (Phi) is 4.77. The van der Waals surface area contributed by atoms with Gasteiger partial charge in [-0.1, -0.05) is 18.2 Å². The predicted molar refractivity (Wildman–Crippen MR) is 80.7 cm³/mol. The van der Waals surface area contributed by atoms with E-state index in [1.807, 2.05) is 49.4 Å². The zero-order valence-electron chi connectivity index (χ0n) is 12.1. The van der Waals surface area contributed by atoms with Crippen molar-refractivity contribution >= 4 is 11.7 Å². The van der Waals surface area contributed by atoms with Gasteiger partial charge in [-0.05, 0) is 19.1 Å². The van der Waals surface area contributed by atoms with Crippen LogP contribution in [-0.2, 0) is 11.3 Å². The number of para-hydroxylation sites is 1. The molecule has 0 spiro atoms. The number of aryl methyl sites for hydroxylation is 1. The number of hydrogen-bond acceptors (Lipinski definition) is 4. The first-order valence-electron chi connectivity index (χ1n) is 6.62. The van der Waals surface area contributed by atoms with Gasteiger partial charge in [-0.3, -0.25) is 9.78 Å². The highest BCUT2D eigenvalue weighted by Crippen LogP contribution is 2.19. The van der Waals surface area contributed by atoms with Crippen LogP contribution in [0.2, 0.25) is 0 Å². The van der Waals surface area contributed by atoms with Gasteiger partial charge in [-0.15, -0.1) is 0 Å². The molecule has 0 aliphatic rings. The molecule has 0 radical (unpaired) electrons. The molecule has 110 valence electrons. The zero-order chi connectivity index (χ0) is 15.2. The minimum Gasteiger partial charge on any atom is -0.497 e. The molecular weight excluding hydrogens is 268 g/mol. The maximum absolute atomic E-state index is 11.1. The summed E-state index contributed by atoms with van der Waals surface area (Å²) in [5.41, 5.74) is 2.46. The standard InChI is InChI=1S/C16H18N2O3/c1-12-8-15(21-2)9-13(17-12)10-18(11-16(19)20)14-6-4-3-5-7-14/h3-9H,10-11H2,1-2H3,(H,19,20). The number of rotatable bonds is 6. The molecule has 0 aliphatic heterocycles. The molecule has 0 aliphatic carbocycles. The quantitative estimate of drug-likeness (QED) is 0.884. The highest BCUT2D eigenvalue weighted by Gasteiger charge is 2.12. The van der Waals surface area contributed by atoms with Crippen LogP contribution >= 0.6 is 0 Å². The summed E-state index contributed by atoms with van der Waals surface area (Å²) in [6.45, 7) is 2.21. The predicted octanol–water partition coefficient (Wildman–Crippen LogP) is 2.49. The summed E-state index contributed by atoms with van der Waals surface area (Å²) in [4.78, 5) is 17.3. The number of aromatic nitrogens is 1. The van der Waals surface area contributed by atoms with Crippen LogP contribution in [0, 0.1) is 6.92 Å². The fourth-order valence-electron chi connectivity index (χ4n) is 2.14. The first-order valence-corrected chi connectivity index (χ1v) is 6.62. The summed E-state index contributed by atoms with van der Waals surface area (Å²) in [6.07, 6.45) is 0. The molecule has 2 aromatic rings. The summed E-state index contributed by atoms with van der Waals surface area (Å²) in [5, 5.41) is 9.09. The van der Waals surface area contributed by atoms with E-state index >= 15 is 0 Å². The van der Waals surface area contributed by atoms with Crippen molar-refractivity contribution in [3.63, 3.8) is 0 Å². The lowest BCUT2D eigenvalue weighted by Crippen LogP contribution is -2.29. The van der Waals surface area contributed by atoms with E-state index in [4.69, 9.17) is 9.84 Å². The maximum atomic E-state index is 11.1. The van der Waals surface area contributed by atoms with Crippen molar-refractivity contribution in [2.75, 3.05) is 18.6 Å². The third-order valence-electron chi connectivity index (χ3n) is 3.02. The number of carbonyl (C=O) groups is 1. The highest BCUT2D eigenvalue weighted by molar-refractivity contribution is 5.73. The Morgan fingerprint density at radius 2 is 2.00 bits per heavy atom. The average molecular weight is 286 g/mol. The highest BCUT2D eigenvalue weighted by atomic mass is 16.5. The number of carboxylic acids is 1. The van der Waals surface area contributed by atoms with Gasteiger partial charge in [0.15, 0.2) is 0 Å². The number of pyridine rings is 1. The molecule has 1 aromatic heterocycles. The molecule has 0 atom stereocenters. The molecule has 1 N–H and O–H groups in total. The van der Waals surface area contributed by atoms with E-state index in [-0.39, 0.29) is 6.54 Å². The molecule has 0 fully saturated rings. The second-order valence-corrected chi connectivity index (χ2v) is 4.73. The van der Waals surface area contributed by atoms with Gasteiger partial charge in [-0.2, -0.15) is 0 Å². The number of hydrogen-bond donors (Lipinski definition) is 1. The van der Waals surface area contributed by atoms with Gasteiger partial charge >= 0.3 is 5.97 Å². The van der Waals surface area contributed by atoms with Crippen molar-refractivity contribution in [3.8, 4) is 5.75 Å². The van der Waals surface area contributed by atoms with E-state index in [2.05, 4.69) is 4.98 Å². The van der Waals surface area contributed by atoms with E-state index in [0.717, 1.165) is 22.8 Å². The van der Waals surface area contributed by atoms with E-state index in [0.29, 0.717) is 6.54 Å². The third kappa shape index (κ3) is 4.21. The lowest BCUT2D eigenvalue weighted by molar-refractivity contribution is -0.135. The van der Waals surface area contributed by atoms with Gasteiger partial charge in [-0.25, -0.2) is 0 Å². The summed E-state index contributed by atoms with van der Waals surface area (Å²) >= 11 is 0. The van der Waals surface area contributed by atoms with E-state index in [1.54, 1.807) is 12.0 Å². The van der Waals surface area contributed by atoms with Crippen LogP contribution in [0.1, 0.15) is 11.4 Å². The Bertz CT molecular complexity index is 614. The lowest BCUT2D eigenvalue weighted by atomic mass is 10.2. The summed E-state index contributed by atoms with van der Waals surface area (Å²) < 4.78 is 5.23. The molecule has 0 saturated carbocycles. The van der Waals surface area contributed by atoms with Crippen LogP contribution in [0.15, 0.2) is 42.5 Å². The minimum absolute atomic E-state index is 0.0814. The lowest BCUT2D eigenvalue weighted by Gasteiger charge is -2.22. The topological polar surface area (TPSA) is 62.7 Å². The van der Waals surface area contributed by atoms with Crippen LogP contribution in [0.25, 0.3) is 0 Å². The third-order valence-corrected chi connectivity index (χ3v) is 3.02. The van der Waals surface area contributed by atoms with Crippen molar-refractivity contribution in [3.05, 3.63) is 53.9 Å². The zero-order valence-corrected chi connectivity index (χ0v) is 12.1. The Morgan fingerprint density at radius 1 is 1.29 bits per heavy atom. The molecule has 0 saturated heterocycles. The molecule has 2 rings (SSSR count). The number of carboxylic acid groups (broad SMARTS) is 1. The summed E-state index contributed by atoms with van der Waals surface area (Å²) in [7, 11) is 1.60. The van der Waals surface area contributed by atoms with E-state index in [1.165, 1.54) is 0 Å². The van der Waals surface area contributed by atoms with Gasteiger partial charge in [0.2, 0.25) is 0 Å². The van der Waals surface area contributed by atoms with E-state index < -0.39 is 5.97 Å². The monoisotopic (exact) mass is 286 g/mol. The molecule has 5 nitrogen and oxygen atoms in total. The number of benzene rings is 1. The average Bonchev–Trinajstić information content (AvgIpc) is 2.46. The second kappa shape index (κ2) is 6.74. The van der Waals surface area contributed by atoms with Gasteiger partial charge in [0.25, 0.3) is 0 Å². The van der Waals surface area contributed by atoms with E-state index in [9.17, 15) is 4.79 Å². The normalized spacial score (nSPS) is 10.2. The molecule has 0 bridgehead atoms. The molecule has 5 heteroatoms. The maximum Gasteiger partial charge on any atom is 0.323 e. The van der Waals surface area contributed by atoms with Gasteiger partial charge < -0.3 is 14.7 Å². The number of anilines is 1. The number of methoxy groups -OCH3 is 1. The van der Waals surface area contributed by atoms with Crippen LogP contribution in [0.4, 0.5) is 5.69 Å². The molecule has 1 aromatic carbocycles.